The molecule has 1 fully saturated rings. The lowest BCUT2D eigenvalue weighted by molar-refractivity contribution is -0.126. The Hall–Kier alpha value is -1.79. The van der Waals surface area contributed by atoms with E-state index in [1.165, 1.54) is 6.92 Å². The lowest BCUT2D eigenvalue weighted by Crippen LogP contribution is -2.51. The van der Waals surface area contributed by atoms with Gasteiger partial charge in [0.2, 0.25) is 11.8 Å². The Bertz CT molecular complexity index is 492. The Morgan fingerprint density at radius 3 is 2.76 bits per heavy atom. The molecule has 0 unspecified atom stereocenters. The van der Waals surface area contributed by atoms with Gasteiger partial charge in [-0.05, 0) is 12.1 Å². The van der Waals surface area contributed by atoms with Crippen LogP contribution in [0.25, 0.3) is 0 Å². The van der Waals surface area contributed by atoms with Gasteiger partial charge in [0, 0.05) is 31.8 Å². The molecule has 0 radical (unpaired) electrons. The van der Waals surface area contributed by atoms with Crippen molar-refractivity contribution in [3.05, 3.63) is 24.3 Å². The van der Waals surface area contributed by atoms with E-state index in [0.717, 1.165) is 13.1 Å². The van der Waals surface area contributed by atoms with Gasteiger partial charge in [-0.25, -0.2) is 0 Å². The van der Waals surface area contributed by atoms with Crippen LogP contribution >= 0.6 is 12.4 Å². The highest BCUT2D eigenvalue weighted by Gasteiger charge is 2.24. The summed E-state index contributed by atoms with van der Waals surface area (Å²) in [6.45, 7) is 3.84. The fourth-order valence-corrected chi connectivity index (χ4v) is 1.83. The van der Waals surface area contributed by atoms with E-state index in [2.05, 4.69) is 16.0 Å². The second-order valence-electron chi connectivity index (χ2n) is 4.70. The lowest BCUT2D eigenvalue weighted by atomic mass is 10.0. The highest BCUT2D eigenvalue weighted by Crippen LogP contribution is 2.17. The quantitative estimate of drug-likeness (QED) is 0.678. The summed E-state index contributed by atoms with van der Waals surface area (Å²) in [6.07, 6.45) is 0. The number of carbonyl (C=O) groups is 2. The highest BCUT2D eigenvalue weighted by molar-refractivity contribution is 5.88. The van der Waals surface area contributed by atoms with Crippen LogP contribution < -0.4 is 20.7 Å². The number of hydrogen-bond acceptors (Lipinski definition) is 4. The number of amides is 2. The maximum Gasteiger partial charge on any atom is 0.225 e. The maximum atomic E-state index is 11.6. The Balaban J connectivity index is 0.00000220. The zero-order valence-electron chi connectivity index (χ0n) is 11.8. The Morgan fingerprint density at radius 1 is 1.38 bits per heavy atom. The van der Waals surface area contributed by atoms with Crippen molar-refractivity contribution in [1.82, 2.24) is 10.6 Å². The molecule has 1 aromatic carbocycles. The van der Waals surface area contributed by atoms with Crippen molar-refractivity contribution in [2.45, 2.75) is 6.92 Å². The molecule has 7 heteroatoms. The number of benzene rings is 1. The molecule has 0 aromatic heterocycles. The van der Waals surface area contributed by atoms with Crippen LogP contribution in [-0.4, -0.2) is 38.1 Å². The molecule has 3 N–H and O–H groups in total. The van der Waals surface area contributed by atoms with Crippen LogP contribution in [0.3, 0.4) is 0 Å². The number of ether oxygens (including phenoxy) is 1. The molecule has 1 aromatic rings. The van der Waals surface area contributed by atoms with Crippen LogP contribution in [0.4, 0.5) is 5.69 Å². The van der Waals surface area contributed by atoms with Crippen LogP contribution in [0.2, 0.25) is 0 Å². The minimum atomic E-state index is -0.122. The second-order valence-corrected chi connectivity index (χ2v) is 4.70. The van der Waals surface area contributed by atoms with Crippen molar-refractivity contribution in [2.24, 2.45) is 5.92 Å². The van der Waals surface area contributed by atoms with Crippen LogP contribution in [0.5, 0.6) is 5.75 Å². The summed E-state index contributed by atoms with van der Waals surface area (Å²) >= 11 is 0. The first-order valence-corrected chi connectivity index (χ1v) is 6.64. The molecule has 2 amide bonds. The molecule has 2 rings (SSSR count). The van der Waals surface area contributed by atoms with E-state index in [4.69, 9.17) is 4.74 Å². The van der Waals surface area contributed by atoms with Crippen molar-refractivity contribution in [3.63, 3.8) is 0 Å². The summed E-state index contributed by atoms with van der Waals surface area (Å²) in [4.78, 5) is 22.5. The van der Waals surface area contributed by atoms with Gasteiger partial charge in [-0.2, -0.15) is 0 Å². The van der Waals surface area contributed by atoms with Crippen molar-refractivity contribution >= 4 is 29.9 Å². The molecule has 1 aliphatic rings. The molecule has 116 valence electrons. The van der Waals surface area contributed by atoms with Gasteiger partial charge in [-0.1, -0.05) is 6.07 Å². The van der Waals surface area contributed by atoms with Gasteiger partial charge in [-0.3, -0.25) is 9.59 Å². The average molecular weight is 314 g/mol. The van der Waals surface area contributed by atoms with Gasteiger partial charge in [-0.15, -0.1) is 12.4 Å². The van der Waals surface area contributed by atoms with Crippen LogP contribution in [0.15, 0.2) is 24.3 Å². The van der Waals surface area contributed by atoms with Gasteiger partial charge >= 0.3 is 0 Å². The van der Waals surface area contributed by atoms with Gasteiger partial charge in [0.15, 0.2) is 0 Å². The minimum Gasteiger partial charge on any atom is -0.492 e. The number of carbonyl (C=O) groups excluding carboxylic acids is 2. The van der Waals surface area contributed by atoms with Crippen molar-refractivity contribution in [2.75, 3.05) is 31.6 Å². The van der Waals surface area contributed by atoms with E-state index in [-0.39, 0.29) is 30.1 Å². The molecular formula is C14H20ClN3O3. The van der Waals surface area contributed by atoms with E-state index in [1.54, 1.807) is 18.2 Å². The SMILES string of the molecule is CC(=O)Nc1cccc(OCCNC(=O)C2CNC2)c1.Cl. The monoisotopic (exact) mass is 313 g/mol. The number of rotatable bonds is 6. The number of anilines is 1. The topological polar surface area (TPSA) is 79.5 Å². The predicted molar refractivity (Wildman–Crippen MR) is 82.9 cm³/mol. The normalized spacial score (nSPS) is 13.6. The third kappa shape index (κ3) is 5.61. The molecule has 21 heavy (non-hydrogen) atoms. The molecule has 1 heterocycles. The first-order valence-electron chi connectivity index (χ1n) is 6.64. The van der Waals surface area contributed by atoms with Crippen molar-refractivity contribution < 1.29 is 14.3 Å². The van der Waals surface area contributed by atoms with E-state index >= 15 is 0 Å². The lowest BCUT2D eigenvalue weighted by Gasteiger charge is -2.25. The molecule has 0 bridgehead atoms. The molecule has 0 aliphatic carbocycles. The van der Waals surface area contributed by atoms with Crippen molar-refractivity contribution in [1.29, 1.82) is 0 Å². The molecule has 1 saturated heterocycles. The Kier molecular flexibility index (Phi) is 6.98. The predicted octanol–water partition coefficient (Wildman–Crippen LogP) is 0.781. The summed E-state index contributed by atoms with van der Waals surface area (Å²) in [5, 5.41) is 8.57. The standard InChI is InChI=1S/C14H19N3O3.ClH/c1-10(18)17-12-3-2-4-13(7-12)20-6-5-16-14(19)11-8-15-9-11;/h2-4,7,11,15H,5-6,8-9H2,1H3,(H,16,19)(H,17,18);1H. The van der Waals surface area contributed by atoms with Gasteiger partial charge in [0.25, 0.3) is 0 Å². The Morgan fingerprint density at radius 2 is 2.14 bits per heavy atom. The first-order chi connectivity index (χ1) is 9.65. The summed E-state index contributed by atoms with van der Waals surface area (Å²) in [6, 6.07) is 7.15. The maximum absolute atomic E-state index is 11.6. The zero-order chi connectivity index (χ0) is 14.4. The highest BCUT2D eigenvalue weighted by atomic mass is 35.5. The van der Waals surface area contributed by atoms with E-state index < -0.39 is 0 Å². The minimum absolute atomic E-state index is 0. The first kappa shape index (κ1) is 17.3. The molecular weight excluding hydrogens is 294 g/mol. The number of hydrogen-bond donors (Lipinski definition) is 3. The molecule has 6 nitrogen and oxygen atoms in total. The average Bonchev–Trinajstić information content (AvgIpc) is 2.32. The van der Waals surface area contributed by atoms with Crippen LogP contribution in [-0.2, 0) is 9.59 Å². The molecule has 0 spiro atoms. The van der Waals surface area contributed by atoms with Gasteiger partial charge < -0.3 is 20.7 Å². The number of halogens is 1. The fraction of sp³-hybridized carbons (Fsp3) is 0.429. The summed E-state index contributed by atoms with van der Waals surface area (Å²) in [7, 11) is 0. The molecule has 0 saturated carbocycles. The number of nitrogens with one attached hydrogen (secondary N) is 3. The van der Waals surface area contributed by atoms with E-state index in [1.807, 2.05) is 6.07 Å². The van der Waals surface area contributed by atoms with E-state index in [9.17, 15) is 9.59 Å². The molecule has 1 aliphatic heterocycles. The van der Waals surface area contributed by atoms with Gasteiger partial charge in [0.1, 0.15) is 12.4 Å². The van der Waals surface area contributed by atoms with Crippen LogP contribution in [0, 0.1) is 5.92 Å². The zero-order valence-corrected chi connectivity index (χ0v) is 12.7. The summed E-state index contributed by atoms with van der Waals surface area (Å²) < 4.78 is 5.53. The van der Waals surface area contributed by atoms with Crippen molar-refractivity contribution in [3.8, 4) is 5.75 Å². The third-order valence-corrected chi connectivity index (χ3v) is 2.98. The largest absolute Gasteiger partial charge is 0.492 e. The second kappa shape index (κ2) is 8.49. The van der Waals surface area contributed by atoms with Crippen LogP contribution in [0.1, 0.15) is 6.92 Å². The summed E-state index contributed by atoms with van der Waals surface area (Å²) in [5.41, 5.74) is 0.694. The summed E-state index contributed by atoms with van der Waals surface area (Å²) in [5.74, 6) is 0.705. The fourth-order valence-electron chi connectivity index (χ4n) is 1.83. The van der Waals surface area contributed by atoms with Gasteiger partial charge in [0.05, 0.1) is 12.5 Å². The smallest absolute Gasteiger partial charge is 0.225 e. The van der Waals surface area contributed by atoms with E-state index in [0.29, 0.717) is 24.6 Å². The Labute approximate surface area is 130 Å². The molecule has 0 atom stereocenters. The third-order valence-electron chi connectivity index (χ3n) is 2.98.